The van der Waals surface area contributed by atoms with Crippen LogP contribution in [-0.2, 0) is 10.1 Å². The minimum absolute atomic E-state index is 0.0971. The number of hydrogen-bond acceptors (Lipinski definition) is 3. The molecule has 0 heterocycles. The highest BCUT2D eigenvalue weighted by Gasteiger charge is 2.24. The van der Waals surface area contributed by atoms with Crippen molar-refractivity contribution in [3.63, 3.8) is 0 Å². The van der Waals surface area contributed by atoms with E-state index in [1.165, 1.54) is 6.07 Å². The van der Waals surface area contributed by atoms with E-state index in [9.17, 15) is 13.0 Å². The van der Waals surface area contributed by atoms with Gasteiger partial charge in [-0.05, 0) is 42.0 Å². The molecule has 0 aliphatic carbocycles. The molecule has 1 N–H and O–H groups in total. The molecule has 0 radical (unpaired) electrons. The minimum Gasteiger partial charge on any atom is -0.456 e. The second-order valence-corrected chi connectivity index (χ2v) is 7.94. The molecule has 4 nitrogen and oxygen atoms in total. The van der Waals surface area contributed by atoms with Crippen LogP contribution in [0, 0.1) is 6.92 Å². The molecule has 0 amide bonds. The van der Waals surface area contributed by atoms with E-state index >= 15 is 0 Å². The fourth-order valence-electron chi connectivity index (χ4n) is 2.76. The molecule has 0 spiro atoms. The van der Waals surface area contributed by atoms with Crippen molar-refractivity contribution in [1.29, 1.82) is 0 Å². The van der Waals surface area contributed by atoms with Gasteiger partial charge in [-0.2, -0.15) is 8.42 Å². The second kappa shape index (κ2) is 6.95. The molecule has 0 saturated heterocycles. The number of rotatable bonds is 5. The summed E-state index contributed by atoms with van der Waals surface area (Å²) >= 11 is 0. The van der Waals surface area contributed by atoms with Gasteiger partial charge in [0.2, 0.25) is 0 Å². The molecule has 2 aromatic carbocycles. The van der Waals surface area contributed by atoms with Gasteiger partial charge in [0, 0.05) is 5.56 Å². The van der Waals surface area contributed by atoms with E-state index in [0.717, 1.165) is 11.1 Å². The van der Waals surface area contributed by atoms with Crippen molar-refractivity contribution < 1.29 is 17.7 Å². The van der Waals surface area contributed by atoms with Crippen molar-refractivity contribution in [2.24, 2.45) is 0 Å². The number of para-hydroxylation sites is 1. The van der Waals surface area contributed by atoms with E-state index in [-0.39, 0.29) is 16.7 Å². The Labute approximate surface area is 144 Å². The zero-order valence-corrected chi connectivity index (χ0v) is 15.5. The maximum Gasteiger partial charge on any atom is 0.294 e. The monoisotopic (exact) mass is 348 g/mol. The quantitative estimate of drug-likeness (QED) is 0.747. The highest BCUT2D eigenvalue weighted by atomic mass is 32.2. The Kier molecular flexibility index (Phi) is 5.35. The van der Waals surface area contributed by atoms with Gasteiger partial charge in [-0.25, -0.2) is 0 Å². The van der Waals surface area contributed by atoms with Gasteiger partial charge >= 0.3 is 0 Å². The molecule has 2 aromatic rings. The van der Waals surface area contributed by atoms with Gasteiger partial charge in [0.05, 0.1) is 0 Å². The van der Waals surface area contributed by atoms with Gasteiger partial charge in [0.15, 0.2) is 0 Å². The molecular formula is C19H24O4S. The van der Waals surface area contributed by atoms with E-state index in [1.54, 1.807) is 6.07 Å². The first-order chi connectivity index (χ1) is 11.1. The Morgan fingerprint density at radius 2 is 1.58 bits per heavy atom. The van der Waals surface area contributed by atoms with Crippen LogP contribution < -0.4 is 4.74 Å². The van der Waals surface area contributed by atoms with Crippen LogP contribution in [0.25, 0.3) is 0 Å². The topological polar surface area (TPSA) is 63.6 Å². The summed E-state index contributed by atoms with van der Waals surface area (Å²) in [4.78, 5) is -0.0971. The highest BCUT2D eigenvalue weighted by molar-refractivity contribution is 7.85. The Morgan fingerprint density at radius 1 is 0.958 bits per heavy atom. The molecule has 0 aliphatic rings. The van der Waals surface area contributed by atoms with Crippen molar-refractivity contribution in [1.82, 2.24) is 0 Å². The predicted molar refractivity (Wildman–Crippen MR) is 95.7 cm³/mol. The fraction of sp³-hybridized carbons (Fsp3) is 0.368. The third kappa shape index (κ3) is 3.79. The largest absolute Gasteiger partial charge is 0.456 e. The van der Waals surface area contributed by atoms with E-state index in [1.807, 2.05) is 45.0 Å². The van der Waals surface area contributed by atoms with Gasteiger partial charge in [-0.3, -0.25) is 4.55 Å². The maximum absolute atomic E-state index is 11.7. The lowest BCUT2D eigenvalue weighted by atomic mass is 9.98. The third-order valence-corrected chi connectivity index (χ3v) is 4.87. The first-order valence-electron chi connectivity index (χ1n) is 8.00. The summed E-state index contributed by atoms with van der Waals surface area (Å²) < 4.78 is 39.2. The van der Waals surface area contributed by atoms with Gasteiger partial charge in [-0.1, -0.05) is 52.0 Å². The number of benzene rings is 2. The van der Waals surface area contributed by atoms with Crippen molar-refractivity contribution in [3.8, 4) is 11.5 Å². The molecule has 0 fully saturated rings. The van der Waals surface area contributed by atoms with Gasteiger partial charge < -0.3 is 4.74 Å². The van der Waals surface area contributed by atoms with Crippen LogP contribution in [-0.4, -0.2) is 13.0 Å². The molecule has 24 heavy (non-hydrogen) atoms. The summed E-state index contributed by atoms with van der Waals surface area (Å²) in [7, 11) is -4.32. The summed E-state index contributed by atoms with van der Waals surface area (Å²) in [5.41, 5.74) is 2.37. The Morgan fingerprint density at radius 3 is 2.12 bits per heavy atom. The van der Waals surface area contributed by atoms with Crippen LogP contribution in [0.2, 0.25) is 0 Å². The molecule has 130 valence electrons. The lowest BCUT2D eigenvalue weighted by molar-refractivity contribution is 0.452. The zero-order valence-electron chi connectivity index (χ0n) is 14.7. The van der Waals surface area contributed by atoms with Gasteiger partial charge in [0.25, 0.3) is 10.1 Å². The standard InChI is InChI=1S/C19H24O4S/c1-12(2)15-8-6-7-9-16(15)23-19-14(5)10-11-17(24(20,21)22)18(19)13(3)4/h6-13H,1-5H3,(H,20,21,22). The Bertz CT molecular complexity index is 836. The van der Waals surface area contributed by atoms with E-state index < -0.39 is 10.1 Å². The molecule has 0 bridgehead atoms. The summed E-state index contributed by atoms with van der Waals surface area (Å²) in [5.74, 6) is 1.34. The van der Waals surface area contributed by atoms with Gasteiger partial charge in [-0.15, -0.1) is 0 Å². The van der Waals surface area contributed by atoms with Crippen molar-refractivity contribution in [2.45, 2.75) is 51.3 Å². The number of hydrogen-bond donors (Lipinski definition) is 1. The van der Waals surface area contributed by atoms with Crippen LogP contribution in [0.1, 0.15) is 56.2 Å². The molecule has 0 atom stereocenters. The van der Waals surface area contributed by atoms with Crippen LogP contribution >= 0.6 is 0 Å². The van der Waals surface area contributed by atoms with Crippen LogP contribution in [0.5, 0.6) is 11.5 Å². The first kappa shape index (κ1) is 18.5. The van der Waals surface area contributed by atoms with E-state index in [4.69, 9.17) is 4.74 Å². The fourth-order valence-corrected chi connectivity index (χ4v) is 3.60. The van der Waals surface area contributed by atoms with Crippen molar-refractivity contribution >= 4 is 10.1 Å². The molecule has 0 saturated carbocycles. The first-order valence-corrected chi connectivity index (χ1v) is 9.44. The summed E-state index contributed by atoms with van der Waals surface area (Å²) in [6.07, 6.45) is 0. The number of ether oxygens (including phenoxy) is 1. The predicted octanol–water partition coefficient (Wildman–Crippen LogP) is 5.28. The lowest BCUT2D eigenvalue weighted by Gasteiger charge is -2.21. The van der Waals surface area contributed by atoms with Crippen LogP contribution in [0.3, 0.4) is 0 Å². The molecule has 5 heteroatoms. The third-order valence-electron chi connectivity index (χ3n) is 3.96. The molecule has 2 rings (SSSR count). The lowest BCUT2D eigenvalue weighted by Crippen LogP contribution is -2.08. The van der Waals surface area contributed by atoms with Crippen LogP contribution in [0.15, 0.2) is 41.3 Å². The second-order valence-electron chi connectivity index (χ2n) is 6.55. The zero-order chi connectivity index (χ0) is 18.1. The summed E-state index contributed by atoms with van der Waals surface area (Å²) in [5, 5.41) is 0. The highest BCUT2D eigenvalue weighted by Crippen LogP contribution is 2.39. The SMILES string of the molecule is Cc1ccc(S(=O)(=O)O)c(C(C)C)c1Oc1ccccc1C(C)C. The Hall–Kier alpha value is -1.85. The smallest absolute Gasteiger partial charge is 0.294 e. The number of aryl methyl sites for hydroxylation is 1. The normalized spacial score (nSPS) is 12.0. The summed E-state index contributed by atoms with van der Waals surface area (Å²) in [6.45, 7) is 9.78. The molecule has 0 unspecified atom stereocenters. The van der Waals surface area contributed by atoms with Gasteiger partial charge in [0.1, 0.15) is 16.4 Å². The van der Waals surface area contributed by atoms with Crippen LogP contribution in [0.4, 0.5) is 0 Å². The molecule has 0 aromatic heterocycles. The van der Waals surface area contributed by atoms with Crippen molar-refractivity contribution in [3.05, 3.63) is 53.1 Å². The minimum atomic E-state index is -4.32. The van der Waals surface area contributed by atoms with E-state index in [2.05, 4.69) is 13.8 Å². The molecule has 0 aliphatic heterocycles. The summed E-state index contributed by atoms with van der Waals surface area (Å²) in [6, 6.07) is 10.8. The molecular weight excluding hydrogens is 324 g/mol. The van der Waals surface area contributed by atoms with E-state index in [0.29, 0.717) is 17.1 Å². The Balaban J connectivity index is 2.67. The average Bonchev–Trinajstić information content (AvgIpc) is 2.47. The average molecular weight is 348 g/mol. The van der Waals surface area contributed by atoms with Crippen molar-refractivity contribution in [2.75, 3.05) is 0 Å². The maximum atomic E-state index is 11.7.